The van der Waals surface area contributed by atoms with Crippen LogP contribution >= 0.6 is 0 Å². The van der Waals surface area contributed by atoms with Crippen LogP contribution in [0.1, 0.15) is 24.8 Å². The zero-order chi connectivity index (χ0) is 14.8. The molecule has 0 atom stereocenters. The lowest BCUT2D eigenvalue weighted by Crippen LogP contribution is -2.49. The van der Waals surface area contributed by atoms with Crippen LogP contribution in [-0.2, 0) is 9.59 Å². The van der Waals surface area contributed by atoms with Crippen molar-refractivity contribution in [1.29, 1.82) is 0 Å². The second kappa shape index (κ2) is 5.58. The number of carbonyl (C=O) groups is 2. The summed E-state index contributed by atoms with van der Waals surface area (Å²) >= 11 is 0. The Balaban J connectivity index is 1.88. The Kier molecular flexibility index (Phi) is 4.04. The summed E-state index contributed by atoms with van der Waals surface area (Å²) in [5.74, 6) is -2.05. The molecule has 1 aliphatic rings. The number of nitrogens with one attached hydrogen (secondary N) is 2. The van der Waals surface area contributed by atoms with E-state index >= 15 is 0 Å². The summed E-state index contributed by atoms with van der Waals surface area (Å²) in [6.45, 7) is 1.70. The molecule has 0 heterocycles. The first-order valence-electron chi connectivity index (χ1n) is 6.47. The summed E-state index contributed by atoms with van der Waals surface area (Å²) in [6.07, 6.45) is 2.19. The van der Waals surface area contributed by atoms with Gasteiger partial charge in [-0.25, -0.2) is 4.39 Å². The number of aliphatic hydroxyl groups is 1. The molecule has 2 rings (SSSR count). The standard InChI is InChI=1S/C14H17FN2O3/c1-9-7-10(15)3-4-11(9)17-13(19)12(18)16-8-14(20)5-2-6-14/h3-4,7,20H,2,5-6,8H2,1H3,(H,16,18)(H,17,19). The molecule has 0 spiro atoms. The van der Waals surface area contributed by atoms with Crippen molar-refractivity contribution in [3.63, 3.8) is 0 Å². The molecule has 1 aromatic rings. The Bertz CT molecular complexity index is 541. The number of aryl methyl sites for hydroxylation is 1. The van der Waals surface area contributed by atoms with E-state index < -0.39 is 23.2 Å². The van der Waals surface area contributed by atoms with Gasteiger partial charge in [-0.2, -0.15) is 0 Å². The highest BCUT2D eigenvalue weighted by Gasteiger charge is 2.35. The van der Waals surface area contributed by atoms with Crippen LogP contribution in [0.3, 0.4) is 0 Å². The van der Waals surface area contributed by atoms with E-state index in [1.54, 1.807) is 6.92 Å². The molecule has 0 unspecified atom stereocenters. The Morgan fingerprint density at radius 1 is 1.35 bits per heavy atom. The van der Waals surface area contributed by atoms with Crippen LogP contribution in [0.25, 0.3) is 0 Å². The van der Waals surface area contributed by atoms with Gasteiger partial charge < -0.3 is 15.7 Å². The fourth-order valence-electron chi connectivity index (χ4n) is 2.03. The summed E-state index contributed by atoms with van der Waals surface area (Å²) < 4.78 is 12.9. The van der Waals surface area contributed by atoms with Crippen LogP contribution < -0.4 is 10.6 Å². The maximum Gasteiger partial charge on any atom is 0.313 e. The molecular weight excluding hydrogens is 263 g/mol. The highest BCUT2D eigenvalue weighted by atomic mass is 19.1. The van der Waals surface area contributed by atoms with Crippen molar-refractivity contribution in [3.8, 4) is 0 Å². The van der Waals surface area contributed by atoms with E-state index in [2.05, 4.69) is 10.6 Å². The van der Waals surface area contributed by atoms with Crippen LogP contribution in [0.15, 0.2) is 18.2 Å². The van der Waals surface area contributed by atoms with Gasteiger partial charge in [-0.05, 0) is 49.9 Å². The zero-order valence-electron chi connectivity index (χ0n) is 11.2. The molecule has 0 bridgehead atoms. The van der Waals surface area contributed by atoms with Crippen molar-refractivity contribution in [2.24, 2.45) is 0 Å². The van der Waals surface area contributed by atoms with Gasteiger partial charge in [0, 0.05) is 12.2 Å². The smallest absolute Gasteiger partial charge is 0.313 e. The van der Waals surface area contributed by atoms with Crippen LogP contribution in [0, 0.1) is 12.7 Å². The molecule has 6 heteroatoms. The number of anilines is 1. The molecule has 0 saturated heterocycles. The third-order valence-electron chi connectivity index (χ3n) is 3.51. The van der Waals surface area contributed by atoms with Crippen LogP contribution in [0.5, 0.6) is 0 Å². The van der Waals surface area contributed by atoms with Gasteiger partial charge in [0.25, 0.3) is 0 Å². The topological polar surface area (TPSA) is 78.4 Å². The highest BCUT2D eigenvalue weighted by molar-refractivity contribution is 6.39. The predicted octanol–water partition coefficient (Wildman–Crippen LogP) is 1.10. The first-order valence-corrected chi connectivity index (χ1v) is 6.47. The predicted molar refractivity (Wildman–Crippen MR) is 71.6 cm³/mol. The number of halogens is 1. The fourth-order valence-corrected chi connectivity index (χ4v) is 2.03. The van der Waals surface area contributed by atoms with Crippen molar-refractivity contribution in [2.45, 2.75) is 31.8 Å². The maximum absolute atomic E-state index is 12.9. The van der Waals surface area contributed by atoms with Gasteiger partial charge in [-0.3, -0.25) is 9.59 Å². The van der Waals surface area contributed by atoms with Gasteiger partial charge in [0.15, 0.2) is 0 Å². The molecule has 2 amide bonds. The lowest BCUT2D eigenvalue weighted by atomic mass is 9.80. The molecule has 1 aliphatic carbocycles. The number of carbonyl (C=O) groups excluding carboxylic acids is 2. The van der Waals surface area contributed by atoms with E-state index in [1.807, 2.05) is 0 Å². The van der Waals surface area contributed by atoms with Crippen molar-refractivity contribution < 1.29 is 19.1 Å². The second-order valence-electron chi connectivity index (χ2n) is 5.17. The molecule has 1 saturated carbocycles. The summed E-state index contributed by atoms with van der Waals surface area (Å²) in [7, 11) is 0. The molecule has 3 N–H and O–H groups in total. The first kappa shape index (κ1) is 14.5. The number of amides is 2. The van der Waals surface area contributed by atoms with Crippen molar-refractivity contribution in [3.05, 3.63) is 29.6 Å². The Hall–Kier alpha value is -1.95. The zero-order valence-corrected chi connectivity index (χ0v) is 11.2. The summed E-state index contributed by atoms with van der Waals surface area (Å²) in [5.41, 5.74) is 0.0412. The minimum atomic E-state index is -0.873. The second-order valence-corrected chi connectivity index (χ2v) is 5.17. The van der Waals surface area contributed by atoms with E-state index in [0.717, 1.165) is 6.42 Å². The SMILES string of the molecule is Cc1cc(F)ccc1NC(=O)C(=O)NCC1(O)CCC1. The molecule has 1 fully saturated rings. The quantitative estimate of drug-likeness (QED) is 0.726. The van der Waals surface area contributed by atoms with Gasteiger partial charge in [-0.15, -0.1) is 0 Å². The average molecular weight is 280 g/mol. The summed E-state index contributed by atoms with van der Waals surface area (Å²) in [5, 5.41) is 14.6. The van der Waals surface area contributed by atoms with Crippen LogP contribution in [-0.4, -0.2) is 29.1 Å². The third kappa shape index (κ3) is 3.33. The monoisotopic (exact) mass is 280 g/mol. The normalized spacial score (nSPS) is 16.1. The molecule has 108 valence electrons. The Morgan fingerprint density at radius 3 is 2.60 bits per heavy atom. The van der Waals surface area contributed by atoms with E-state index in [4.69, 9.17) is 0 Å². The van der Waals surface area contributed by atoms with Crippen molar-refractivity contribution in [2.75, 3.05) is 11.9 Å². The van der Waals surface area contributed by atoms with Crippen molar-refractivity contribution >= 4 is 17.5 Å². The van der Waals surface area contributed by atoms with Gasteiger partial charge in [-0.1, -0.05) is 0 Å². The highest BCUT2D eigenvalue weighted by Crippen LogP contribution is 2.30. The molecule has 0 aliphatic heterocycles. The van der Waals surface area contributed by atoms with Crippen molar-refractivity contribution in [1.82, 2.24) is 5.32 Å². The van der Waals surface area contributed by atoms with Gasteiger partial charge in [0.2, 0.25) is 0 Å². The average Bonchev–Trinajstić information content (AvgIpc) is 2.36. The number of rotatable bonds is 3. The van der Waals surface area contributed by atoms with Crippen LogP contribution in [0.2, 0.25) is 0 Å². The number of hydrogen-bond donors (Lipinski definition) is 3. The molecule has 0 aromatic heterocycles. The lowest BCUT2D eigenvalue weighted by molar-refractivity contribution is -0.137. The Labute approximate surface area is 116 Å². The van der Waals surface area contributed by atoms with E-state index in [0.29, 0.717) is 24.1 Å². The maximum atomic E-state index is 12.9. The minimum absolute atomic E-state index is 0.0711. The van der Waals surface area contributed by atoms with Gasteiger partial charge in [0.05, 0.1) is 5.60 Å². The van der Waals surface area contributed by atoms with Gasteiger partial charge in [0.1, 0.15) is 5.82 Å². The molecule has 20 heavy (non-hydrogen) atoms. The fraction of sp³-hybridized carbons (Fsp3) is 0.429. The van der Waals surface area contributed by atoms with E-state index in [1.165, 1.54) is 18.2 Å². The largest absolute Gasteiger partial charge is 0.388 e. The minimum Gasteiger partial charge on any atom is -0.388 e. The van der Waals surface area contributed by atoms with Crippen LogP contribution in [0.4, 0.5) is 10.1 Å². The third-order valence-corrected chi connectivity index (χ3v) is 3.51. The van der Waals surface area contributed by atoms with E-state index in [9.17, 15) is 19.1 Å². The molecule has 0 radical (unpaired) electrons. The molecule has 1 aromatic carbocycles. The summed E-state index contributed by atoms with van der Waals surface area (Å²) in [4.78, 5) is 23.3. The first-order chi connectivity index (χ1) is 9.39. The molecule has 5 nitrogen and oxygen atoms in total. The van der Waals surface area contributed by atoms with Gasteiger partial charge >= 0.3 is 11.8 Å². The molecular formula is C14H17FN2O3. The summed E-state index contributed by atoms with van der Waals surface area (Å²) in [6, 6.07) is 3.87. The number of benzene rings is 1. The van der Waals surface area contributed by atoms with E-state index in [-0.39, 0.29) is 6.54 Å². The lowest BCUT2D eigenvalue weighted by Gasteiger charge is -2.36. The number of hydrogen-bond acceptors (Lipinski definition) is 3. The Morgan fingerprint density at radius 2 is 2.05 bits per heavy atom.